The fourth-order valence-electron chi connectivity index (χ4n) is 2.37. The molecule has 1 unspecified atom stereocenters. The summed E-state index contributed by atoms with van der Waals surface area (Å²) in [7, 11) is 0. The molecule has 0 aliphatic carbocycles. The van der Waals surface area contributed by atoms with Crippen LogP contribution in [0.25, 0.3) is 10.4 Å². The summed E-state index contributed by atoms with van der Waals surface area (Å²) in [6.07, 6.45) is -0.226. The third-order valence-corrected chi connectivity index (χ3v) is 5.27. The number of nitrogens with one attached hydrogen (secondary N) is 1. The fraction of sp³-hybridized carbons (Fsp3) is 0.312. The first-order valence-electron chi connectivity index (χ1n) is 7.43. The molecule has 8 heteroatoms. The molecule has 2 aromatic rings. The molecule has 0 bridgehead atoms. The normalized spacial score (nSPS) is 16.7. The van der Waals surface area contributed by atoms with E-state index in [2.05, 4.69) is 5.32 Å². The first-order valence-corrected chi connectivity index (χ1v) is 9.19. The van der Waals surface area contributed by atoms with Gasteiger partial charge in [0.05, 0.1) is 6.61 Å². The van der Waals surface area contributed by atoms with E-state index in [4.69, 9.17) is 9.47 Å². The first-order chi connectivity index (χ1) is 11.6. The van der Waals surface area contributed by atoms with Crippen molar-refractivity contribution in [3.8, 4) is 10.4 Å². The Kier molecular flexibility index (Phi) is 4.96. The van der Waals surface area contributed by atoms with Crippen LogP contribution < -0.4 is 5.32 Å². The van der Waals surface area contributed by atoms with Gasteiger partial charge in [-0.1, -0.05) is 6.07 Å². The third-order valence-electron chi connectivity index (χ3n) is 3.47. The van der Waals surface area contributed by atoms with Gasteiger partial charge in [-0.3, -0.25) is 9.59 Å². The second-order valence-electron chi connectivity index (χ2n) is 5.06. The molecule has 0 aromatic carbocycles. The third kappa shape index (κ3) is 3.34. The predicted molar refractivity (Wildman–Crippen MR) is 91.3 cm³/mol. The molecule has 0 spiro atoms. The predicted octanol–water partition coefficient (Wildman–Crippen LogP) is 3.30. The van der Waals surface area contributed by atoms with E-state index < -0.39 is 18.0 Å². The van der Waals surface area contributed by atoms with Gasteiger partial charge in [0.1, 0.15) is 10.6 Å². The Morgan fingerprint density at radius 2 is 2.25 bits per heavy atom. The van der Waals surface area contributed by atoms with Crippen LogP contribution in [0.1, 0.15) is 30.1 Å². The summed E-state index contributed by atoms with van der Waals surface area (Å²) in [4.78, 5) is 36.7. The molecule has 24 heavy (non-hydrogen) atoms. The number of esters is 2. The van der Waals surface area contributed by atoms with Gasteiger partial charge in [0.2, 0.25) is 0 Å². The number of rotatable bonds is 5. The lowest BCUT2D eigenvalue weighted by Crippen LogP contribution is -2.27. The second-order valence-corrected chi connectivity index (χ2v) is 6.89. The van der Waals surface area contributed by atoms with Crippen molar-refractivity contribution in [2.45, 2.75) is 25.9 Å². The van der Waals surface area contributed by atoms with Crippen molar-refractivity contribution >= 4 is 45.5 Å². The maximum atomic E-state index is 12.3. The molecule has 1 atom stereocenters. The molecule has 0 saturated carbocycles. The van der Waals surface area contributed by atoms with Crippen LogP contribution in [0.15, 0.2) is 22.9 Å². The highest BCUT2D eigenvalue weighted by Crippen LogP contribution is 2.38. The minimum atomic E-state index is -0.806. The molecule has 6 nitrogen and oxygen atoms in total. The lowest BCUT2D eigenvalue weighted by atomic mass is 10.1. The van der Waals surface area contributed by atoms with Gasteiger partial charge >= 0.3 is 11.9 Å². The number of anilines is 1. The summed E-state index contributed by atoms with van der Waals surface area (Å²) in [6.45, 7) is 1.97. The number of amides is 1. The summed E-state index contributed by atoms with van der Waals surface area (Å²) < 4.78 is 10.1. The van der Waals surface area contributed by atoms with E-state index in [1.165, 1.54) is 22.7 Å². The van der Waals surface area contributed by atoms with Gasteiger partial charge in [0.25, 0.3) is 5.91 Å². The van der Waals surface area contributed by atoms with Gasteiger partial charge in [-0.2, -0.15) is 0 Å². The van der Waals surface area contributed by atoms with E-state index in [9.17, 15) is 14.4 Å². The molecule has 3 heterocycles. The highest BCUT2D eigenvalue weighted by molar-refractivity contribution is 7.17. The van der Waals surface area contributed by atoms with Crippen molar-refractivity contribution in [1.82, 2.24) is 0 Å². The molecule has 126 valence electrons. The largest absolute Gasteiger partial charge is 0.462 e. The minimum Gasteiger partial charge on any atom is -0.462 e. The van der Waals surface area contributed by atoms with Crippen molar-refractivity contribution in [1.29, 1.82) is 0 Å². The molecule has 3 rings (SSSR count). The molecular formula is C16H15NO5S2. The van der Waals surface area contributed by atoms with Crippen molar-refractivity contribution in [3.05, 3.63) is 28.5 Å². The first kappa shape index (κ1) is 16.7. The summed E-state index contributed by atoms with van der Waals surface area (Å²) in [5.41, 5.74) is 1.06. The minimum absolute atomic E-state index is 0.230. The number of ether oxygens (including phenoxy) is 2. The SMILES string of the molecule is CCOC(=O)c1c(-c2cccs2)csc1NC(=O)C1CCC(=O)O1. The molecule has 1 saturated heterocycles. The molecule has 2 aromatic heterocycles. The lowest BCUT2D eigenvalue weighted by molar-refractivity contribution is -0.146. The molecule has 0 radical (unpaired) electrons. The summed E-state index contributed by atoms with van der Waals surface area (Å²) in [6, 6.07) is 3.79. The number of cyclic esters (lactones) is 1. The summed E-state index contributed by atoms with van der Waals surface area (Å²) in [5, 5.41) is 6.84. The number of thiophene rings is 2. The van der Waals surface area contributed by atoms with Gasteiger partial charge in [0.15, 0.2) is 6.10 Å². The van der Waals surface area contributed by atoms with E-state index >= 15 is 0 Å². The van der Waals surface area contributed by atoms with Gasteiger partial charge < -0.3 is 14.8 Å². The van der Waals surface area contributed by atoms with E-state index in [1.54, 1.807) is 6.92 Å². The number of carbonyl (C=O) groups excluding carboxylic acids is 3. The van der Waals surface area contributed by atoms with Crippen LogP contribution in [-0.2, 0) is 19.1 Å². The van der Waals surface area contributed by atoms with Crippen LogP contribution in [0.3, 0.4) is 0 Å². The Balaban J connectivity index is 1.88. The number of hydrogen-bond acceptors (Lipinski definition) is 7. The van der Waals surface area contributed by atoms with Crippen molar-refractivity contribution in [3.63, 3.8) is 0 Å². The van der Waals surface area contributed by atoms with Crippen LogP contribution in [0, 0.1) is 0 Å². The zero-order valence-corrected chi connectivity index (χ0v) is 14.5. The summed E-state index contributed by atoms with van der Waals surface area (Å²) >= 11 is 2.75. The Morgan fingerprint density at radius 3 is 2.88 bits per heavy atom. The average Bonchev–Trinajstić information content (AvgIpc) is 3.26. The molecule has 1 aliphatic heterocycles. The van der Waals surface area contributed by atoms with Gasteiger partial charge in [-0.05, 0) is 18.4 Å². The van der Waals surface area contributed by atoms with Crippen molar-refractivity contribution in [2.24, 2.45) is 0 Å². The van der Waals surface area contributed by atoms with Crippen LogP contribution >= 0.6 is 22.7 Å². The molecule has 1 amide bonds. The zero-order valence-electron chi connectivity index (χ0n) is 12.9. The number of carbonyl (C=O) groups is 3. The van der Waals surface area contributed by atoms with E-state index in [0.29, 0.717) is 17.0 Å². The highest BCUT2D eigenvalue weighted by Gasteiger charge is 2.31. The average molecular weight is 365 g/mol. The van der Waals surface area contributed by atoms with Crippen LogP contribution in [-0.4, -0.2) is 30.6 Å². The maximum absolute atomic E-state index is 12.3. The fourth-order valence-corrected chi connectivity index (χ4v) is 4.15. The number of hydrogen-bond donors (Lipinski definition) is 1. The van der Waals surface area contributed by atoms with Gasteiger partial charge in [-0.15, -0.1) is 22.7 Å². The Bertz CT molecular complexity index is 766. The van der Waals surface area contributed by atoms with Crippen molar-refractivity contribution in [2.75, 3.05) is 11.9 Å². The van der Waals surface area contributed by atoms with E-state index in [1.807, 2.05) is 22.9 Å². The zero-order chi connectivity index (χ0) is 17.1. The Morgan fingerprint density at radius 1 is 1.42 bits per heavy atom. The van der Waals surface area contributed by atoms with E-state index in [0.717, 1.165) is 10.4 Å². The monoisotopic (exact) mass is 365 g/mol. The van der Waals surface area contributed by atoms with Gasteiger partial charge in [0, 0.05) is 28.7 Å². The Labute approximate surface area is 146 Å². The highest BCUT2D eigenvalue weighted by atomic mass is 32.1. The van der Waals surface area contributed by atoms with Crippen LogP contribution in [0.5, 0.6) is 0 Å². The standard InChI is InChI=1S/C16H15NO5S2/c1-2-21-16(20)13-9(11-4-3-7-23-11)8-24-15(13)17-14(19)10-5-6-12(18)22-10/h3-4,7-8,10H,2,5-6H2,1H3,(H,17,19). The quantitative estimate of drug-likeness (QED) is 0.822. The second kappa shape index (κ2) is 7.14. The Hall–Kier alpha value is -2.19. The maximum Gasteiger partial charge on any atom is 0.341 e. The summed E-state index contributed by atoms with van der Waals surface area (Å²) in [5.74, 6) is -1.29. The molecule has 1 aliphatic rings. The van der Waals surface area contributed by atoms with E-state index in [-0.39, 0.29) is 19.0 Å². The van der Waals surface area contributed by atoms with Crippen LogP contribution in [0.4, 0.5) is 5.00 Å². The van der Waals surface area contributed by atoms with Gasteiger partial charge in [-0.25, -0.2) is 4.79 Å². The van der Waals surface area contributed by atoms with Crippen molar-refractivity contribution < 1.29 is 23.9 Å². The lowest BCUT2D eigenvalue weighted by Gasteiger charge is -2.11. The molecular weight excluding hydrogens is 350 g/mol. The molecule has 1 fully saturated rings. The smallest absolute Gasteiger partial charge is 0.341 e. The van der Waals surface area contributed by atoms with Crippen LogP contribution in [0.2, 0.25) is 0 Å². The molecule has 1 N–H and O–H groups in total. The topological polar surface area (TPSA) is 81.7 Å².